The van der Waals surface area contributed by atoms with Gasteiger partial charge in [-0.1, -0.05) is 18.2 Å². The second kappa shape index (κ2) is 8.65. The number of benzene rings is 3. The van der Waals surface area contributed by atoms with Crippen LogP contribution < -0.4 is 0 Å². The Balaban J connectivity index is 1.79. The van der Waals surface area contributed by atoms with Crippen molar-refractivity contribution in [1.82, 2.24) is 0 Å². The summed E-state index contributed by atoms with van der Waals surface area (Å²) in [5.41, 5.74) is 2.23. The molecule has 0 amide bonds. The van der Waals surface area contributed by atoms with E-state index in [1.807, 2.05) is 0 Å². The first-order valence-corrected chi connectivity index (χ1v) is 9.37. The van der Waals surface area contributed by atoms with Crippen molar-refractivity contribution in [3.63, 3.8) is 0 Å². The molecular formula is C23H24O6. The summed E-state index contributed by atoms with van der Waals surface area (Å²) in [5.74, 6) is -0.389. The van der Waals surface area contributed by atoms with Gasteiger partial charge in [-0.25, -0.2) is 0 Å². The Morgan fingerprint density at radius 1 is 0.517 bits per heavy atom. The van der Waals surface area contributed by atoms with Gasteiger partial charge >= 0.3 is 0 Å². The molecule has 0 saturated heterocycles. The number of phenols is 6. The third kappa shape index (κ3) is 5.04. The van der Waals surface area contributed by atoms with Crippen molar-refractivity contribution in [1.29, 1.82) is 0 Å². The summed E-state index contributed by atoms with van der Waals surface area (Å²) in [6.45, 7) is 0. The minimum absolute atomic E-state index is 0.00550. The lowest BCUT2D eigenvalue weighted by Gasteiger charge is -2.19. The highest BCUT2D eigenvalue weighted by Crippen LogP contribution is 2.35. The van der Waals surface area contributed by atoms with E-state index in [9.17, 15) is 30.6 Å². The predicted octanol–water partition coefficient (Wildman–Crippen LogP) is 4.27. The molecule has 0 atom stereocenters. The molecule has 0 spiro atoms. The molecule has 6 heteroatoms. The Morgan fingerprint density at radius 2 is 1.03 bits per heavy atom. The van der Waals surface area contributed by atoms with E-state index >= 15 is 0 Å². The zero-order chi connectivity index (χ0) is 21.0. The van der Waals surface area contributed by atoms with Crippen LogP contribution in [0.4, 0.5) is 0 Å². The molecule has 0 aliphatic carbocycles. The number of aromatic hydroxyl groups is 6. The van der Waals surface area contributed by atoms with E-state index < -0.39 is 0 Å². The molecule has 0 saturated carbocycles. The molecule has 0 aromatic heterocycles. The van der Waals surface area contributed by atoms with E-state index in [1.54, 1.807) is 18.2 Å². The summed E-state index contributed by atoms with van der Waals surface area (Å²) in [6, 6.07) is 13.7. The summed E-state index contributed by atoms with van der Waals surface area (Å²) < 4.78 is 0. The van der Waals surface area contributed by atoms with Crippen LogP contribution in [0.3, 0.4) is 0 Å². The van der Waals surface area contributed by atoms with Crippen LogP contribution in [0.2, 0.25) is 0 Å². The molecular weight excluding hydrogens is 372 g/mol. The third-order valence-electron chi connectivity index (χ3n) is 5.13. The lowest BCUT2D eigenvalue weighted by atomic mass is 9.87. The number of hydrogen-bond acceptors (Lipinski definition) is 6. The van der Waals surface area contributed by atoms with Crippen molar-refractivity contribution in [3.8, 4) is 34.5 Å². The normalized spacial score (nSPS) is 11.1. The van der Waals surface area contributed by atoms with Crippen LogP contribution >= 0.6 is 0 Å². The Labute approximate surface area is 168 Å². The zero-order valence-electron chi connectivity index (χ0n) is 15.8. The third-order valence-corrected chi connectivity index (χ3v) is 5.13. The molecule has 3 aromatic carbocycles. The fourth-order valence-electron chi connectivity index (χ4n) is 3.46. The van der Waals surface area contributed by atoms with Crippen molar-refractivity contribution in [3.05, 3.63) is 71.3 Å². The van der Waals surface area contributed by atoms with Gasteiger partial charge in [-0.3, -0.25) is 0 Å². The number of rotatable bonds is 7. The van der Waals surface area contributed by atoms with Gasteiger partial charge in [-0.05, 0) is 72.6 Å². The first-order valence-electron chi connectivity index (χ1n) is 9.37. The first-order chi connectivity index (χ1) is 13.8. The van der Waals surface area contributed by atoms with Crippen LogP contribution in [0.1, 0.15) is 35.4 Å². The SMILES string of the molecule is Oc1ccc(CCC(CCc2ccc(O)cc2O)c2ccc(O)c(O)c2)c(O)c1. The van der Waals surface area contributed by atoms with Crippen LogP contribution in [-0.2, 0) is 12.8 Å². The van der Waals surface area contributed by atoms with Gasteiger partial charge < -0.3 is 30.6 Å². The van der Waals surface area contributed by atoms with Crippen LogP contribution in [-0.4, -0.2) is 30.6 Å². The molecule has 3 aromatic rings. The second-order valence-corrected chi connectivity index (χ2v) is 7.15. The van der Waals surface area contributed by atoms with E-state index in [4.69, 9.17) is 0 Å². The predicted molar refractivity (Wildman–Crippen MR) is 109 cm³/mol. The largest absolute Gasteiger partial charge is 0.508 e. The van der Waals surface area contributed by atoms with E-state index in [0.29, 0.717) is 36.8 Å². The average molecular weight is 396 g/mol. The lowest BCUT2D eigenvalue weighted by molar-refractivity contribution is 0.402. The van der Waals surface area contributed by atoms with E-state index in [-0.39, 0.29) is 40.4 Å². The molecule has 3 rings (SSSR count). The maximum absolute atomic E-state index is 10.0. The number of aryl methyl sites for hydroxylation is 2. The molecule has 0 aliphatic rings. The van der Waals surface area contributed by atoms with Crippen molar-refractivity contribution in [2.45, 2.75) is 31.6 Å². The van der Waals surface area contributed by atoms with Gasteiger partial charge in [0.2, 0.25) is 0 Å². The molecule has 0 aliphatic heterocycles. The van der Waals surface area contributed by atoms with Crippen LogP contribution in [0.25, 0.3) is 0 Å². The smallest absolute Gasteiger partial charge is 0.157 e. The van der Waals surface area contributed by atoms with Crippen LogP contribution in [0.5, 0.6) is 34.5 Å². The van der Waals surface area contributed by atoms with Crippen molar-refractivity contribution in [2.75, 3.05) is 0 Å². The molecule has 0 radical (unpaired) electrons. The standard InChI is InChI=1S/C23H24O6/c24-18-8-5-15(21(27)12-18)3-1-14(17-7-10-20(26)23(29)11-17)2-4-16-6-9-19(25)13-22(16)28/h5-14,24-29H,1-4H2. The maximum atomic E-state index is 10.0. The fourth-order valence-corrected chi connectivity index (χ4v) is 3.46. The van der Waals surface area contributed by atoms with Crippen molar-refractivity contribution < 1.29 is 30.6 Å². The molecule has 0 bridgehead atoms. The van der Waals surface area contributed by atoms with E-state index in [0.717, 1.165) is 5.56 Å². The Morgan fingerprint density at radius 3 is 1.48 bits per heavy atom. The first kappa shape index (κ1) is 20.2. The highest BCUT2D eigenvalue weighted by Gasteiger charge is 2.16. The van der Waals surface area contributed by atoms with Gasteiger partial charge in [0.25, 0.3) is 0 Å². The van der Waals surface area contributed by atoms with E-state index in [2.05, 4.69) is 0 Å². The molecule has 0 heterocycles. The van der Waals surface area contributed by atoms with Crippen molar-refractivity contribution >= 4 is 0 Å². The number of phenolic OH excluding ortho intramolecular Hbond substituents is 6. The Bertz CT molecular complexity index is 943. The summed E-state index contributed by atoms with van der Waals surface area (Å²) in [7, 11) is 0. The van der Waals surface area contributed by atoms with Gasteiger partial charge in [0.1, 0.15) is 23.0 Å². The quantitative estimate of drug-likeness (QED) is 0.332. The lowest BCUT2D eigenvalue weighted by Crippen LogP contribution is -2.04. The summed E-state index contributed by atoms with van der Waals surface area (Å²) in [5, 5.41) is 58.5. The van der Waals surface area contributed by atoms with Crippen LogP contribution in [0, 0.1) is 0 Å². The molecule has 29 heavy (non-hydrogen) atoms. The fraction of sp³-hybridized carbons (Fsp3) is 0.217. The summed E-state index contributed by atoms with van der Waals surface area (Å²) in [4.78, 5) is 0. The monoisotopic (exact) mass is 396 g/mol. The highest BCUT2D eigenvalue weighted by atomic mass is 16.3. The molecule has 152 valence electrons. The molecule has 6 N–H and O–H groups in total. The van der Waals surface area contributed by atoms with Gasteiger partial charge in [0.05, 0.1) is 0 Å². The Hall–Kier alpha value is -3.54. The number of hydrogen-bond donors (Lipinski definition) is 6. The minimum Gasteiger partial charge on any atom is -0.508 e. The van der Waals surface area contributed by atoms with Gasteiger partial charge in [0.15, 0.2) is 11.5 Å². The topological polar surface area (TPSA) is 121 Å². The molecule has 0 fully saturated rings. The summed E-state index contributed by atoms with van der Waals surface area (Å²) in [6.07, 6.45) is 2.36. The molecule has 6 nitrogen and oxygen atoms in total. The van der Waals surface area contributed by atoms with Gasteiger partial charge in [-0.2, -0.15) is 0 Å². The summed E-state index contributed by atoms with van der Waals surface area (Å²) >= 11 is 0. The maximum Gasteiger partial charge on any atom is 0.157 e. The van der Waals surface area contributed by atoms with Gasteiger partial charge in [0, 0.05) is 12.1 Å². The molecule has 0 unspecified atom stereocenters. The minimum atomic E-state index is -0.201. The zero-order valence-corrected chi connectivity index (χ0v) is 15.8. The van der Waals surface area contributed by atoms with E-state index in [1.165, 1.54) is 36.4 Å². The van der Waals surface area contributed by atoms with Crippen molar-refractivity contribution in [2.24, 2.45) is 0 Å². The highest BCUT2D eigenvalue weighted by molar-refractivity contribution is 5.43. The second-order valence-electron chi connectivity index (χ2n) is 7.15. The average Bonchev–Trinajstić information content (AvgIpc) is 2.67. The van der Waals surface area contributed by atoms with Gasteiger partial charge in [-0.15, -0.1) is 0 Å². The van der Waals surface area contributed by atoms with Crippen LogP contribution in [0.15, 0.2) is 54.6 Å². The Kier molecular flexibility index (Phi) is 6.02.